The average Bonchev–Trinajstić information content (AvgIpc) is 2.50. The molecule has 0 unspecified atom stereocenters. The van der Waals surface area contributed by atoms with Crippen LogP contribution in [0.4, 0.5) is 0 Å². The Morgan fingerprint density at radius 2 is 2.06 bits per heavy atom. The van der Waals surface area contributed by atoms with Gasteiger partial charge in [0.05, 0.1) is 23.8 Å². The highest BCUT2D eigenvalue weighted by atomic mass is 35.5. The van der Waals surface area contributed by atoms with Gasteiger partial charge in [-0.2, -0.15) is 0 Å². The first kappa shape index (κ1) is 12.1. The Hall–Kier alpha value is -1.36. The number of halogens is 1. The van der Waals surface area contributed by atoms with E-state index >= 15 is 0 Å². The number of rotatable bonds is 2. The highest BCUT2D eigenvalue weighted by molar-refractivity contribution is 6.30. The van der Waals surface area contributed by atoms with Crippen LogP contribution in [0.15, 0.2) is 11.1 Å². The molecule has 1 heterocycles. The highest BCUT2D eigenvalue weighted by Crippen LogP contribution is 2.39. The van der Waals surface area contributed by atoms with Gasteiger partial charge >= 0.3 is 0 Å². The number of amides is 2. The zero-order valence-corrected chi connectivity index (χ0v) is 9.94. The van der Waals surface area contributed by atoms with Crippen molar-refractivity contribution in [3.63, 3.8) is 0 Å². The first-order valence-corrected chi connectivity index (χ1v) is 5.73. The number of carboxylic acids is 1. The number of nitrogens with zero attached hydrogens (tertiary/aromatic N) is 1. The third-order valence-corrected chi connectivity index (χ3v) is 3.64. The van der Waals surface area contributed by atoms with Crippen molar-refractivity contribution in [3.05, 3.63) is 11.1 Å². The van der Waals surface area contributed by atoms with Crippen molar-refractivity contribution in [1.29, 1.82) is 0 Å². The van der Waals surface area contributed by atoms with Gasteiger partial charge in [-0.1, -0.05) is 17.7 Å². The number of hydrogen-bond donors (Lipinski definition) is 0. The van der Waals surface area contributed by atoms with E-state index in [1.165, 1.54) is 6.92 Å². The Morgan fingerprint density at radius 3 is 2.65 bits per heavy atom. The Morgan fingerprint density at radius 1 is 1.47 bits per heavy atom. The molecule has 6 heteroatoms. The van der Waals surface area contributed by atoms with Gasteiger partial charge in [-0.15, -0.1) is 0 Å². The van der Waals surface area contributed by atoms with E-state index in [0.29, 0.717) is 17.9 Å². The van der Waals surface area contributed by atoms with Gasteiger partial charge in [-0.25, -0.2) is 0 Å². The number of likely N-dealkylation sites (tertiary alicyclic amines) is 1. The summed E-state index contributed by atoms with van der Waals surface area (Å²) < 4.78 is 0. The number of carbonyl (C=O) groups is 3. The Labute approximate surface area is 103 Å². The fourth-order valence-corrected chi connectivity index (χ4v) is 2.60. The molecule has 1 fully saturated rings. The standard InChI is InChI=1S/C11H12ClNO4/c1-5(11(16)17)13-9(14)7-3-2-6(12)4-8(7)10(13)15/h2,5,7-8H,3-4H2,1H3,(H,16,17)/p-1/t5-,7+,8+/m1/s1. The minimum atomic E-state index is -1.43. The predicted molar refractivity (Wildman–Crippen MR) is 56.5 cm³/mol. The van der Waals surface area contributed by atoms with Crippen LogP contribution in [0.2, 0.25) is 0 Å². The lowest BCUT2D eigenvalue weighted by atomic mass is 9.85. The van der Waals surface area contributed by atoms with Crippen molar-refractivity contribution in [2.45, 2.75) is 25.8 Å². The third-order valence-electron chi connectivity index (χ3n) is 3.33. The van der Waals surface area contributed by atoms with E-state index in [-0.39, 0.29) is 0 Å². The van der Waals surface area contributed by atoms with Crippen LogP contribution in [-0.4, -0.2) is 28.7 Å². The molecular formula is C11H11ClNO4-. The van der Waals surface area contributed by atoms with Gasteiger partial charge < -0.3 is 9.90 Å². The maximum absolute atomic E-state index is 12.0. The summed E-state index contributed by atoms with van der Waals surface area (Å²) in [4.78, 5) is 35.5. The fraction of sp³-hybridized carbons (Fsp3) is 0.545. The largest absolute Gasteiger partial charge is 0.548 e. The van der Waals surface area contributed by atoms with Crippen molar-refractivity contribution in [2.24, 2.45) is 11.8 Å². The van der Waals surface area contributed by atoms with E-state index in [1.807, 2.05) is 0 Å². The number of fused-ring (bicyclic) bond motifs is 1. The van der Waals surface area contributed by atoms with E-state index in [0.717, 1.165) is 4.90 Å². The van der Waals surface area contributed by atoms with E-state index in [1.54, 1.807) is 6.08 Å². The van der Waals surface area contributed by atoms with Gasteiger partial charge in [0.2, 0.25) is 11.8 Å². The van der Waals surface area contributed by atoms with Gasteiger partial charge in [0.1, 0.15) is 0 Å². The molecule has 2 aliphatic rings. The van der Waals surface area contributed by atoms with E-state index in [9.17, 15) is 19.5 Å². The summed E-state index contributed by atoms with van der Waals surface area (Å²) >= 11 is 5.84. The van der Waals surface area contributed by atoms with Crippen molar-refractivity contribution >= 4 is 29.4 Å². The van der Waals surface area contributed by atoms with Crippen molar-refractivity contribution in [3.8, 4) is 0 Å². The first-order valence-electron chi connectivity index (χ1n) is 5.35. The normalized spacial score (nSPS) is 30.0. The molecule has 2 amide bonds. The van der Waals surface area contributed by atoms with Crippen LogP contribution >= 0.6 is 11.6 Å². The molecule has 5 nitrogen and oxygen atoms in total. The molecule has 0 radical (unpaired) electrons. The van der Waals surface area contributed by atoms with Gasteiger partial charge in [-0.3, -0.25) is 14.5 Å². The molecule has 0 spiro atoms. The smallest absolute Gasteiger partial charge is 0.234 e. The summed E-state index contributed by atoms with van der Waals surface area (Å²) in [6.45, 7) is 1.28. The molecule has 17 heavy (non-hydrogen) atoms. The summed E-state index contributed by atoms with van der Waals surface area (Å²) in [6, 6.07) is -1.22. The Kier molecular flexibility index (Phi) is 2.95. The van der Waals surface area contributed by atoms with Crippen LogP contribution in [-0.2, 0) is 14.4 Å². The van der Waals surface area contributed by atoms with E-state index in [2.05, 4.69) is 0 Å². The third kappa shape index (κ3) is 1.84. The van der Waals surface area contributed by atoms with Crippen LogP contribution in [0.5, 0.6) is 0 Å². The van der Waals surface area contributed by atoms with Crippen molar-refractivity contribution < 1.29 is 19.5 Å². The lowest BCUT2D eigenvalue weighted by Crippen LogP contribution is -2.49. The molecule has 2 rings (SSSR count). The number of hydrogen-bond acceptors (Lipinski definition) is 4. The van der Waals surface area contributed by atoms with Gasteiger partial charge in [0.25, 0.3) is 0 Å². The zero-order valence-electron chi connectivity index (χ0n) is 9.18. The number of imide groups is 1. The number of allylic oxidation sites excluding steroid dienone is 2. The molecule has 0 aromatic carbocycles. The minimum absolute atomic E-state index is 0.313. The molecule has 92 valence electrons. The van der Waals surface area contributed by atoms with Crippen LogP contribution in [0.1, 0.15) is 19.8 Å². The fourth-order valence-electron chi connectivity index (χ4n) is 2.34. The molecule has 0 bridgehead atoms. The summed E-state index contributed by atoms with van der Waals surface area (Å²) in [5.74, 6) is -3.29. The second-order valence-electron chi connectivity index (χ2n) is 4.35. The molecule has 0 aromatic heterocycles. The maximum atomic E-state index is 12.0. The summed E-state index contributed by atoms with van der Waals surface area (Å²) in [7, 11) is 0. The summed E-state index contributed by atoms with van der Waals surface area (Å²) in [5, 5.41) is 11.3. The molecule has 1 aliphatic carbocycles. The highest BCUT2D eigenvalue weighted by Gasteiger charge is 2.49. The molecule has 1 saturated heterocycles. The van der Waals surface area contributed by atoms with Gasteiger partial charge in [0.15, 0.2) is 0 Å². The number of carboxylic acid groups (broad SMARTS) is 1. The Bertz CT molecular complexity index is 431. The Balaban J connectivity index is 2.28. The maximum Gasteiger partial charge on any atom is 0.234 e. The van der Waals surface area contributed by atoms with Crippen LogP contribution < -0.4 is 5.11 Å². The topological polar surface area (TPSA) is 77.5 Å². The molecule has 3 atom stereocenters. The molecule has 0 N–H and O–H groups in total. The van der Waals surface area contributed by atoms with Crippen LogP contribution in [0, 0.1) is 11.8 Å². The quantitative estimate of drug-likeness (QED) is 0.633. The summed E-state index contributed by atoms with van der Waals surface area (Å²) in [6.07, 6.45) is 2.42. The molecule has 0 saturated carbocycles. The first-order chi connectivity index (χ1) is 7.93. The van der Waals surface area contributed by atoms with Gasteiger partial charge in [0, 0.05) is 5.03 Å². The zero-order chi connectivity index (χ0) is 12.7. The second kappa shape index (κ2) is 4.14. The lowest BCUT2D eigenvalue weighted by molar-refractivity contribution is -0.310. The number of carbonyl (C=O) groups excluding carboxylic acids is 3. The lowest BCUT2D eigenvalue weighted by Gasteiger charge is -2.23. The molecule has 1 aliphatic heterocycles. The SMILES string of the molecule is C[C@H](C(=O)[O-])N1C(=O)[C@H]2CC=C(Cl)C[C@@H]2C1=O. The van der Waals surface area contributed by atoms with Crippen LogP contribution in [0.3, 0.4) is 0 Å². The number of aliphatic carboxylic acids is 1. The van der Waals surface area contributed by atoms with Crippen LogP contribution in [0.25, 0.3) is 0 Å². The molecule has 0 aromatic rings. The van der Waals surface area contributed by atoms with Crippen molar-refractivity contribution in [2.75, 3.05) is 0 Å². The van der Waals surface area contributed by atoms with Crippen molar-refractivity contribution in [1.82, 2.24) is 4.90 Å². The molecular weight excluding hydrogens is 246 g/mol. The predicted octanol–water partition coefficient (Wildman–Crippen LogP) is -0.358. The monoisotopic (exact) mass is 256 g/mol. The summed E-state index contributed by atoms with van der Waals surface area (Å²) in [5.41, 5.74) is 0. The minimum Gasteiger partial charge on any atom is -0.548 e. The van der Waals surface area contributed by atoms with E-state index < -0.39 is 35.7 Å². The van der Waals surface area contributed by atoms with E-state index in [4.69, 9.17) is 11.6 Å². The second-order valence-corrected chi connectivity index (χ2v) is 4.83. The van der Waals surface area contributed by atoms with Gasteiger partial charge in [-0.05, 0) is 19.8 Å². The average molecular weight is 257 g/mol.